The summed E-state index contributed by atoms with van der Waals surface area (Å²) in [7, 11) is 0. The molecule has 0 aromatic rings. The van der Waals surface area contributed by atoms with Gasteiger partial charge in [-0.1, -0.05) is 6.08 Å². The van der Waals surface area contributed by atoms with E-state index in [1.54, 1.807) is 0 Å². The van der Waals surface area contributed by atoms with Crippen molar-refractivity contribution in [2.75, 3.05) is 6.61 Å². The van der Waals surface area contributed by atoms with Gasteiger partial charge in [0.05, 0.1) is 0 Å². The van der Waals surface area contributed by atoms with Crippen molar-refractivity contribution in [1.82, 2.24) is 4.90 Å². The van der Waals surface area contributed by atoms with E-state index in [9.17, 15) is 0 Å². The lowest BCUT2D eigenvalue weighted by atomic mass is 10.2. The Morgan fingerprint density at radius 3 is 2.86 bits per heavy atom. The third kappa shape index (κ3) is 2.70. The first-order valence-corrected chi connectivity index (χ1v) is 4.93. The standard InChI is InChI=1S/C11H18N2O/c1-9-8-10(2)13(11(3)12-9)6-4-5-7-14/h4,6,8,11,14H,5,7H2,1-3H3/b6-4-. The van der Waals surface area contributed by atoms with Crippen LogP contribution in [0.4, 0.5) is 0 Å². The molecule has 0 aromatic heterocycles. The van der Waals surface area contributed by atoms with Crippen molar-refractivity contribution in [2.24, 2.45) is 4.99 Å². The van der Waals surface area contributed by atoms with Crippen molar-refractivity contribution >= 4 is 5.71 Å². The van der Waals surface area contributed by atoms with E-state index in [1.807, 2.05) is 19.2 Å². The molecular formula is C11H18N2O. The average molecular weight is 194 g/mol. The van der Waals surface area contributed by atoms with E-state index in [-0.39, 0.29) is 12.8 Å². The van der Waals surface area contributed by atoms with Crippen molar-refractivity contribution < 1.29 is 5.11 Å². The van der Waals surface area contributed by atoms with Gasteiger partial charge in [0.1, 0.15) is 6.17 Å². The van der Waals surface area contributed by atoms with E-state index >= 15 is 0 Å². The Hall–Kier alpha value is -1.09. The Bertz CT molecular complexity index is 279. The van der Waals surface area contributed by atoms with E-state index < -0.39 is 0 Å². The summed E-state index contributed by atoms with van der Waals surface area (Å²) in [6.07, 6.45) is 6.87. The maximum atomic E-state index is 8.66. The van der Waals surface area contributed by atoms with Crippen LogP contribution in [-0.4, -0.2) is 28.5 Å². The van der Waals surface area contributed by atoms with Crippen LogP contribution in [0.3, 0.4) is 0 Å². The van der Waals surface area contributed by atoms with Crippen LogP contribution < -0.4 is 0 Å². The maximum absolute atomic E-state index is 8.66. The molecule has 0 spiro atoms. The number of aliphatic hydroxyl groups excluding tert-OH is 1. The van der Waals surface area contributed by atoms with Crippen LogP contribution in [0.5, 0.6) is 0 Å². The number of aliphatic hydroxyl groups is 1. The highest BCUT2D eigenvalue weighted by molar-refractivity contribution is 5.94. The smallest absolute Gasteiger partial charge is 0.122 e. The normalized spacial score (nSPS) is 22.6. The van der Waals surface area contributed by atoms with Crippen LogP contribution in [0.1, 0.15) is 27.2 Å². The Labute approximate surface area is 85.5 Å². The van der Waals surface area contributed by atoms with E-state index in [4.69, 9.17) is 5.11 Å². The lowest BCUT2D eigenvalue weighted by Gasteiger charge is -2.29. The van der Waals surface area contributed by atoms with Gasteiger partial charge in [-0.3, -0.25) is 4.99 Å². The van der Waals surface area contributed by atoms with E-state index in [2.05, 4.69) is 29.8 Å². The number of allylic oxidation sites excluding steroid dienone is 2. The molecule has 1 atom stereocenters. The van der Waals surface area contributed by atoms with Gasteiger partial charge in [-0.15, -0.1) is 0 Å². The molecular weight excluding hydrogens is 176 g/mol. The van der Waals surface area contributed by atoms with Gasteiger partial charge in [-0.2, -0.15) is 0 Å². The molecule has 1 aliphatic rings. The molecule has 0 radical (unpaired) electrons. The first kappa shape index (κ1) is 11.0. The van der Waals surface area contributed by atoms with E-state index in [0.717, 1.165) is 5.71 Å². The molecule has 1 N–H and O–H groups in total. The third-order valence-corrected chi connectivity index (χ3v) is 2.18. The molecule has 0 aliphatic carbocycles. The van der Waals surface area contributed by atoms with E-state index in [0.29, 0.717) is 6.42 Å². The Morgan fingerprint density at radius 2 is 2.29 bits per heavy atom. The number of rotatable bonds is 3. The van der Waals surface area contributed by atoms with Gasteiger partial charge in [-0.25, -0.2) is 0 Å². The minimum atomic E-state index is 0.162. The number of aliphatic imine (C=N–C) groups is 1. The Kier molecular flexibility index (Phi) is 3.89. The molecule has 3 heteroatoms. The van der Waals surface area contributed by atoms with Crippen molar-refractivity contribution in [3.05, 3.63) is 24.0 Å². The summed E-state index contributed by atoms with van der Waals surface area (Å²) in [5.74, 6) is 0. The summed E-state index contributed by atoms with van der Waals surface area (Å²) in [6.45, 7) is 6.33. The zero-order valence-corrected chi connectivity index (χ0v) is 9.07. The summed E-state index contributed by atoms with van der Waals surface area (Å²) in [6, 6.07) is 0. The predicted molar refractivity (Wildman–Crippen MR) is 59.0 cm³/mol. The van der Waals surface area contributed by atoms with Gasteiger partial charge >= 0.3 is 0 Å². The largest absolute Gasteiger partial charge is 0.396 e. The van der Waals surface area contributed by atoms with Crippen LogP contribution in [0.2, 0.25) is 0 Å². The first-order valence-electron chi connectivity index (χ1n) is 4.93. The SMILES string of the molecule is CC1=CC(C)=NC(C)N1/C=C\CCO. The van der Waals surface area contributed by atoms with Crippen LogP contribution in [0, 0.1) is 0 Å². The quantitative estimate of drug-likeness (QED) is 0.745. The fourth-order valence-corrected chi connectivity index (χ4v) is 1.57. The monoisotopic (exact) mass is 194 g/mol. The second kappa shape index (κ2) is 4.96. The molecule has 1 unspecified atom stereocenters. The molecule has 0 amide bonds. The highest BCUT2D eigenvalue weighted by Crippen LogP contribution is 2.16. The van der Waals surface area contributed by atoms with Crippen molar-refractivity contribution in [3.63, 3.8) is 0 Å². The molecule has 0 fully saturated rings. The summed E-state index contributed by atoms with van der Waals surface area (Å²) in [5.41, 5.74) is 2.26. The molecule has 1 rings (SSSR count). The minimum absolute atomic E-state index is 0.162. The molecule has 0 aromatic carbocycles. The Morgan fingerprint density at radius 1 is 1.57 bits per heavy atom. The first-order chi connectivity index (χ1) is 6.65. The average Bonchev–Trinajstić information content (AvgIpc) is 2.09. The summed E-state index contributed by atoms with van der Waals surface area (Å²) >= 11 is 0. The number of hydrogen-bond donors (Lipinski definition) is 1. The van der Waals surface area contributed by atoms with Crippen LogP contribution in [0.25, 0.3) is 0 Å². The van der Waals surface area contributed by atoms with Gasteiger partial charge in [0.15, 0.2) is 0 Å². The summed E-state index contributed by atoms with van der Waals surface area (Å²) in [4.78, 5) is 6.55. The third-order valence-electron chi connectivity index (χ3n) is 2.18. The summed E-state index contributed by atoms with van der Waals surface area (Å²) < 4.78 is 0. The fraction of sp³-hybridized carbons (Fsp3) is 0.545. The lowest BCUT2D eigenvalue weighted by Crippen LogP contribution is -2.29. The highest BCUT2D eigenvalue weighted by Gasteiger charge is 2.14. The molecule has 3 nitrogen and oxygen atoms in total. The molecule has 78 valence electrons. The number of nitrogens with zero attached hydrogens (tertiary/aromatic N) is 2. The van der Waals surface area contributed by atoms with Gasteiger partial charge in [-0.05, 0) is 33.3 Å². The lowest BCUT2D eigenvalue weighted by molar-refractivity contribution is 0.300. The Balaban J connectivity index is 2.67. The number of hydrogen-bond acceptors (Lipinski definition) is 3. The van der Waals surface area contributed by atoms with Gasteiger partial charge < -0.3 is 10.0 Å². The molecule has 1 aliphatic heterocycles. The topological polar surface area (TPSA) is 35.8 Å². The highest BCUT2D eigenvalue weighted by atomic mass is 16.2. The zero-order chi connectivity index (χ0) is 10.6. The zero-order valence-electron chi connectivity index (χ0n) is 9.07. The van der Waals surface area contributed by atoms with Crippen LogP contribution in [0.15, 0.2) is 29.0 Å². The van der Waals surface area contributed by atoms with Crippen molar-refractivity contribution in [2.45, 2.75) is 33.4 Å². The minimum Gasteiger partial charge on any atom is -0.396 e. The van der Waals surface area contributed by atoms with Gasteiger partial charge in [0.2, 0.25) is 0 Å². The van der Waals surface area contributed by atoms with Crippen LogP contribution >= 0.6 is 0 Å². The molecule has 0 saturated carbocycles. The van der Waals surface area contributed by atoms with Crippen molar-refractivity contribution in [3.8, 4) is 0 Å². The molecule has 14 heavy (non-hydrogen) atoms. The predicted octanol–water partition coefficient (Wildman–Crippen LogP) is 1.91. The second-order valence-electron chi connectivity index (χ2n) is 3.49. The maximum Gasteiger partial charge on any atom is 0.122 e. The van der Waals surface area contributed by atoms with Crippen molar-refractivity contribution in [1.29, 1.82) is 0 Å². The second-order valence-corrected chi connectivity index (χ2v) is 3.49. The van der Waals surface area contributed by atoms with Gasteiger partial charge in [0, 0.05) is 24.2 Å². The fourth-order valence-electron chi connectivity index (χ4n) is 1.57. The van der Waals surface area contributed by atoms with Gasteiger partial charge in [0.25, 0.3) is 0 Å². The van der Waals surface area contributed by atoms with E-state index in [1.165, 1.54) is 5.70 Å². The molecule has 1 heterocycles. The summed E-state index contributed by atoms with van der Waals surface area (Å²) in [5, 5.41) is 8.66. The van der Waals surface area contributed by atoms with Crippen LogP contribution in [-0.2, 0) is 0 Å². The molecule has 0 saturated heterocycles. The molecule has 0 bridgehead atoms.